The maximum Gasteiger partial charge on any atom is 0.338 e. The Labute approximate surface area is 190 Å². The van der Waals surface area contributed by atoms with Crippen LogP contribution in [0.25, 0.3) is 22.3 Å². The van der Waals surface area contributed by atoms with Gasteiger partial charge in [0.05, 0.1) is 0 Å². The molecule has 168 valence electrons. The normalized spacial score (nSPS) is 10.5. The highest BCUT2D eigenvalue weighted by Crippen LogP contribution is 2.33. The number of hydrogen-bond acceptors (Lipinski definition) is 4. The molecular formula is C27H22F2O4. The van der Waals surface area contributed by atoms with Gasteiger partial charge in [-0.2, -0.15) is 0 Å². The fourth-order valence-corrected chi connectivity index (χ4v) is 3.02. The lowest BCUT2D eigenvalue weighted by atomic mass is 9.98. The minimum Gasteiger partial charge on any atom is -0.423 e. The van der Waals surface area contributed by atoms with Crippen LogP contribution in [-0.2, 0) is 9.59 Å². The summed E-state index contributed by atoms with van der Waals surface area (Å²) in [6, 6.07) is 13.2. The van der Waals surface area contributed by atoms with E-state index >= 15 is 0 Å². The molecule has 3 rings (SSSR count). The number of ether oxygens (including phenoxy) is 2. The molecule has 0 spiro atoms. The molecule has 4 nitrogen and oxygen atoms in total. The van der Waals surface area contributed by atoms with Gasteiger partial charge in [0.2, 0.25) is 0 Å². The summed E-state index contributed by atoms with van der Waals surface area (Å²) >= 11 is 0. The third-order valence-electron chi connectivity index (χ3n) is 4.82. The molecule has 0 N–H and O–H groups in total. The molecule has 0 aliphatic heterocycles. The van der Waals surface area contributed by atoms with Gasteiger partial charge in [-0.15, -0.1) is 0 Å². The quantitative estimate of drug-likeness (QED) is 0.243. The van der Waals surface area contributed by atoms with Crippen molar-refractivity contribution in [3.63, 3.8) is 0 Å². The number of carbonyl (C=O) groups excluding carboxylic acids is 2. The van der Waals surface area contributed by atoms with Gasteiger partial charge in [-0.3, -0.25) is 0 Å². The molecule has 6 heteroatoms. The summed E-state index contributed by atoms with van der Waals surface area (Å²) in [5.41, 5.74) is 2.49. The Balaban J connectivity index is 1.87. The number of carbonyl (C=O) groups is 2. The molecule has 0 atom stereocenters. The standard InChI is InChI=1S/C27H22F2O4/c1-15(2)26(30)32-20-8-10-22(24(29)14-20)19-6-9-21(23(28)13-19)18-7-11-25(17(5)12-18)33-27(31)16(3)4/h6-14H,1,3H2,2,4-5H3. The topological polar surface area (TPSA) is 52.6 Å². The Morgan fingerprint density at radius 1 is 0.727 bits per heavy atom. The van der Waals surface area contributed by atoms with Gasteiger partial charge in [0.1, 0.15) is 23.1 Å². The first-order valence-corrected chi connectivity index (χ1v) is 10.0. The van der Waals surface area contributed by atoms with E-state index in [1.165, 1.54) is 25.1 Å². The van der Waals surface area contributed by atoms with Gasteiger partial charge in [-0.25, -0.2) is 18.4 Å². The van der Waals surface area contributed by atoms with Crippen molar-refractivity contribution in [2.75, 3.05) is 0 Å². The van der Waals surface area contributed by atoms with Crippen LogP contribution in [0.3, 0.4) is 0 Å². The van der Waals surface area contributed by atoms with Crippen molar-refractivity contribution in [3.8, 4) is 33.8 Å². The van der Waals surface area contributed by atoms with Gasteiger partial charge in [0.15, 0.2) is 0 Å². The molecule has 0 bridgehead atoms. The number of rotatable bonds is 6. The van der Waals surface area contributed by atoms with Crippen molar-refractivity contribution in [2.45, 2.75) is 20.8 Å². The summed E-state index contributed by atoms with van der Waals surface area (Å²) in [5, 5.41) is 0. The molecule has 3 aromatic carbocycles. The molecule has 3 aromatic rings. The third-order valence-corrected chi connectivity index (χ3v) is 4.82. The molecule has 0 aliphatic carbocycles. The second-order valence-corrected chi connectivity index (χ2v) is 7.66. The zero-order valence-corrected chi connectivity index (χ0v) is 18.5. The van der Waals surface area contributed by atoms with Crippen LogP contribution >= 0.6 is 0 Å². The van der Waals surface area contributed by atoms with Crippen LogP contribution in [0, 0.1) is 18.6 Å². The molecule has 0 unspecified atom stereocenters. The highest BCUT2D eigenvalue weighted by Gasteiger charge is 2.14. The molecule has 0 fully saturated rings. The summed E-state index contributed by atoms with van der Waals surface area (Å²) in [6.45, 7) is 11.8. The Kier molecular flexibility index (Phi) is 6.87. The van der Waals surface area contributed by atoms with Crippen LogP contribution in [0.1, 0.15) is 19.4 Å². The number of esters is 2. The van der Waals surface area contributed by atoms with Crippen molar-refractivity contribution in [1.82, 2.24) is 0 Å². The lowest BCUT2D eigenvalue weighted by Crippen LogP contribution is -2.09. The van der Waals surface area contributed by atoms with E-state index in [-0.39, 0.29) is 22.5 Å². The van der Waals surface area contributed by atoms with Gasteiger partial charge >= 0.3 is 11.9 Å². The SMILES string of the molecule is C=C(C)C(=O)Oc1ccc(-c2ccc(-c3ccc(OC(=O)C(=C)C)c(C)c3)c(F)c2)c(F)c1. The first kappa shape index (κ1) is 23.6. The molecule has 0 saturated carbocycles. The van der Waals surface area contributed by atoms with E-state index in [2.05, 4.69) is 13.2 Å². The Bertz CT molecular complexity index is 1290. The first-order chi connectivity index (χ1) is 15.6. The molecule has 0 radical (unpaired) electrons. The summed E-state index contributed by atoms with van der Waals surface area (Å²) in [5.74, 6) is -2.01. The first-order valence-electron chi connectivity index (χ1n) is 10.0. The van der Waals surface area contributed by atoms with E-state index in [0.29, 0.717) is 28.0 Å². The molecule has 0 amide bonds. The summed E-state index contributed by atoms with van der Waals surface area (Å²) in [6.07, 6.45) is 0. The predicted molar refractivity (Wildman–Crippen MR) is 123 cm³/mol. The predicted octanol–water partition coefficient (Wildman–Crippen LogP) is 6.57. The van der Waals surface area contributed by atoms with Gasteiger partial charge in [0, 0.05) is 28.3 Å². The van der Waals surface area contributed by atoms with Crippen LogP contribution in [0.4, 0.5) is 8.78 Å². The third kappa shape index (κ3) is 5.41. The van der Waals surface area contributed by atoms with Gasteiger partial charge < -0.3 is 9.47 Å². The van der Waals surface area contributed by atoms with Gasteiger partial charge in [-0.05, 0) is 67.8 Å². The molecule has 33 heavy (non-hydrogen) atoms. The second kappa shape index (κ2) is 9.61. The maximum atomic E-state index is 14.9. The fourth-order valence-electron chi connectivity index (χ4n) is 3.02. The highest BCUT2D eigenvalue weighted by molar-refractivity contribution is 5.89. The Hall–Kier alpha value is -4.06. The smallest absolute Gasteiger partial charge is 0.338 e. The van der Waals surface area contributed by atoms with Crippen LogP contribution in [0.5, 0.6) is 11.5 Å². The lowest BCUT2D eigenvalue weighted by molar-refractivity contribution is -0.131. The number of hydrogen-bond donors (Lipinski definition) is 0. The van der Waals surface area contributed by atoms with Gasteiger partial charge in [-0.1, -0.05) is 31.4 Å². The molecule has 0 heterocycles. The Morgan fingerprint density at radius 2 is 1.24 bits per heavy atom. The summed E-state index contributed by atoms with van der Waals surface area (Å²) in [7, 11) is 0. The highest BCUT2D eigenvalue weighted by atomic mass is 19.1. The van der Waals surface area contributed by atoms with E-state index in [0.717, 1.165) is 6.07 Å². The zero-order valence-electron chi connectivity index (χ0n) is 18.5. The second-order valence-electron chi connectivity index (χ2n) is 7.66. The van der Waals surface area contributed by atoms with Crippen LogP contribution in [0.15, 0.2) is 78.9 Å². The van der Waals surface area contributed by atoms with E-state index in [9.17, 15) is 18.4 Å². The van der Waals surface area contributed by atoms with E-state index in [4.69, 9.17) is 9.47 Å². The molecule has 0 saturated heterocycles. The maximum absolute atomic E-state index is 14.9. The van der Waals surface area contributed by atoms with Crippen LogP contribution in [-0.4, -0.2) is 11.9 Å². The largest absolute Gasteiger partial charge is 0.423 e. The minimum absolute atomic E-state index is 0.0317. The number of aryl methyl sites for hydroxylation is 1. The summed E-state index contributed by atoms with van der Waals surface area (Å²) in [4.78, 5) is 23.3. The Morgan fingerprint density at radius 3 is 1.79 bits per heavy atom. The van der Waals surface area contributed by atoms with Crippen molar-refractivity contribution in [3.05, 3.63) is 96.1 Å². The van der Waals surface area contributed by atoms with Crippen molar-refractivity contribution >= 4 is 11.9 Å². The van der Waals surface area contributed by atoms with Crippen molar-refractivity contribution in [1.29, 1.82) is 0 Å². The molecular weight excluding hydrogens is 426 g/mol. The van der Waals surface area contributed by atoms with Crippen LogP contribution < -0.4 is 9.47 Å². The van der Waals surface area contributed by atoms with Crippen molar-refractivity contribution in [2.24, 2.45) is 0 Å². The van der Waals surface area contributed by atoms with Crippen LogP contribution in [0.2, 0.25) is 0 Å². The summed E-state index contributed by atoms with van der Waals surface area (Å²) < 4.78 is 39.8. The number of halogens is 2. The fraction of sp³-hybridized carbons (Fsp3) is 0.111. The molecule has 0 aliphatic rings. The average Bonchev–Trinajstić information content (AvgIpc) is 2.75. The monoisotopic (exact) mass is 448 g/mol. The average molecular weight is 448 g/mol. The zero-order chi connectivity index (χ0) is 24.3. The van der Waals surface area contributed by atoms with E-state index in [1.807, 2.05) is 0 Å². The van der Waals surface area contributed by atoms with Gasteiger partial charge in [0.25, 0.3) is 0 Å². The number of benzene rings is 3. The van der Waals surface area contributed by atoms with E-state index in [1.54, 1.807) is 44.2 Å². The van der Waals surface area contributed by atoms with Crippen molar-refractivity contribution < 1.29 is 27.8 Å². The minimum atomic E-state index is -0.659. The van der Waals surface area contributed by atoms with E-state index < -0.39 is 23.6 Å². The molecule has 0 aromatic heterocycles. The lowest BCUT2D eigenvalue weighted by Gasteiger charge is -2.12.